The SMILES string of the molecule is O=C(O)C1CCC(CN2CCCOCC2)O1. The van der Waals surface area contributed by atoms with Gasteiger partial charge in [0.2, 0.25) is 0 Å². The maximum absolute atomic E-state index is 10.7. The van der Waals surface area contributed by atoms with E-state index in [0.717, 1.165) is 45.7 Å². The maximum atomic E-state index is 10.7. The van der Waals surface area contributed by atoms with E-state index < -0.39 is 12.1 Å². The van der Waals surface area contributed by atoms with E-state index in [1.54, 1.807) is 0 Å². The Morgan fingerprint density at radius 3 is 2.94 bits per heavy atom. The van der Waals surface area contributed by atoms with Crippen LogP contribution in [0, 0.1) is 0 Å². The molecule has 0 aromatic carbocycles. The Morgan fingerprint density at radius 1 is 1.31 bits per heavy atom. The van der Waals surface area contributed by atoms with Crippen molar-refractivity contribution in [1.29, 1.82) is 0 Å². The zero-order valence-electron chi connectivity index (χ0n) is 9.43. The van der Waals surface area contributed by atoms with Crippen LogP contribution in [0.3, 0.4) is 0 Å². The van der Waals surface area contributed by atoms with E-state index >= 15 is 0 Å². The lowest BCUT2D eigenvalue weighted by atomic mass is 10.2. The van der Waals surface area contributed by atoms with E-state index in [4.69, 9.17) is 14.6 Å². The van der Waals surface area contributed by atoms with E-state index in [9.17, 15) is 4.79 Å². The molecule has 5 nitrogen and oxygen atoms in total. The van der Waals surface area contributed by atoms with Crippen LogP contribution in [0.1, 0.15) is 19.3 Å². The van der Waals surface area contributed by atoms with Crippen molar-refractivity contribution in [2.24, 2.45) is 0 Å². The third-order valence-corrected chi connectivity index (χ3v) is 3.16. The summed E-state index contributed by atoms with van der Waals surface area (Å²) in [6, 6.07) is 0. The van der Waals surface area contributed by atoms with Crippen LogP contribution in [-0.2, 0) is 14.3 Å². The van der Waals surface area contributed by atoms with Crippen molar-refractivity contribution in [3.8, 4) is 0 Å². The Hall–Kier alpha value is -0.650. The van der Waals surface area contributed by atoms with Crippen LogP contribution in [0.4, 0.5) is 0 Å². The first-order valence-corrected chi connectivity index (χ1v) is 5.94. The zero-order chi connectivity index (χ0) is 11.4. The normalized spacial score (nSPS) is 32.5. The van der Waals surface area contributed by atoms with Gasteiger partial charge < -0.3 is 14.6 Å². The number of hydrogen-bond acceptors (Lipinski definition) is 4. The highest BCUT2D eigenvalue weighted by atomic mass is 16.5. The van der Waals surface area contributed by atoms with Gasteiger partial charge in [0, 0.05) is 26.2 Å². The van der Waals surface area contributed by atoms with Crippen LogP contribution in [0.25, 0.3) is 0 Å². The first-order chi connectivity index (χ1) is 7.75. The quantitative estimate of drug-likeness (QED) is 0.756. The fourth-order valence-corrected chi connectivity index (χ4v) is 2.29. The second-order valence-electron chi connectivity index (χ2n) is 4.43. The molecule has 0 spiro atoms. The van der Waals surface area contributed by atoms with E-state index in [2.05, 4.69) is 4.90 Å². The van der Waals surface area contributed by atoms with Crippen molar-refractivity contribution < 1.29 is 19.4 Å². The second-order valence-corrected chi connectivity index (χ2v) is 4.43. The molecule has 0 aromatic heterocycles. The van der Waals surface area contributed by atoms with Gasteiger partial charge in [0.15, 0.2) is 6.10 Å². The summed E-state index contributed by atoms with van der Waals surface area (Å²) in [5.41, 5.74) is 0. The van der Waals surface area contributed by atoms with E-state index in [-0.39, 0.29) is 6.10 Å². The molecule has 0 radical (unpaired) electrons. The summed E-state index contributed by atoms with van der Waals surface area (Å²) >= 11 is 0. The summed E-state index contributed by atoms with van der Waals surface area (Å²) in [7, 11) is 0. The van der Waals surface area contributed by atoms with Gasteiger partial charge >= 0.3 is 5.97 Å². The van der Waals surface area contributed by atoms with Gasteiger partial charge in [0.1, 0.15) is 0 Å². The predicted octanol–water partition coefficient (Wildman–Crippen LogP) is 0.341. The monoisotopic (exact) mass is 229 g/mol. The lowest BCUT2D eigenvalue weighted by Gasteiger charge is -2.22. The molecule has 0 bridgehead atoms. The lowest BCUT2D eigenvalue weighted by molar-refractivity contribution is -0.149. The number of carboxylic acid groups (broad SMARTS) is 1. The Bertz CT molecular complexity index is 238. The van der Waals surface area contributed by atoms with Gasteiger partial charge in [-0.25, -0.2) is 4.79 Å². The molecule has 2 aliphatic heterocycles. The van der Waals surface area contributed by atoms with Crippen molar-refractivity contribution in [2.45, 2.75) is 31.5 Å². The molecule has 2 fully saturated rings. The first-order valence-electron chi connectivity index (χ1n) is 5.94. The van der Waals surface area contributed by atoms with Crippen LogP contribution in [0.15, 0.2) is 0 Å². The summed E-state index contributed by atoms with van der Waals surface area (Å²) in [5.74, 6) is -0.832. The minimum Gasteiger partial charge on any atom is -0.479 e. The average molecular weight is 229 g/mol. The molecule has 2 aliphatic rings. The van der Waals surface area contributed by atoms with Gasteiger partial charge in [-0.1, -0.05) is 0 Å². The summed E-state index contributed by atoms with van der Waals surface area (Å²) in [6.45, 7) is 4.40. The highest BCUT2D eigenvalue weighted by molar-refractivity contribution is 5.72. The number of nitrogens with zero attached hydrogens (tertiary/aromatic N) is 1. The van der Waals surface area contributed by atoms with Crippen molar-refractivity contribution in [1.82, 2.24) is 4.90 Å². The highest BCUT2D eigenvalue weighted by Gasteiger charge is 2.31. The smallest absolute Gasteiger partial charge is 0.332 e. The minimum absolute atomic E-state index is 0.0826. The second kappa shape index (κ2) is 5.61. The molecule has 92 valence electrons. The lowest BCUT2D eigenvalue weighted by Crippen LogP contribution is -2.35. The van der Waals surface area contributed by atoms with Crippen LogP contribution in [0.2, 0.25) is 0 Å². The first kappa shape index (κ1) is 11.8. The largest absolute Gasteiger partial charge is 0.479 e. The van der Waals surface area contributed by atoms with Crippen LogP contribution < -0.4 is 0 Å². The Kier molecular flexibility index (Phi) is 4.15. The van der Waals surface area contributed by atoms with Crippen molar-refractivity contribution in [3.63, 3.8) is 0 Å². The maximum Gasteiger partial charge on any atom is 0.332 e. The number of aliphatic carboxylic acids is 1. The third-order valence-electron chi connectivity index (χ3n) is 3.16. The fourth-order valence-electron chi connectivity index (χ4n) is 2.29. The van der Waals surface area contributed by atoms with Crippen molar-refractivity contribution >= 4 is 5.97 Å². The number of hydrogen-bond donors (Lipinski definition) is 1. The molecule has 16 heavy (non-hydrogen) atoms. The van der Waals surface area contributed by atoms with Gasteiger partial charge in [-0.15, -0.1) is 0 Å². The van der Waals surface area contributed by atoms with Crippen molar-refractivity contribution in [2.75, 3.05) is 32.8 Å². The molecule has 2 heterocycles. The molecule has 0 aliphatic carbocycles. The Balaban J connectivity index is 1.75. The van der Waals surface area contributed by atoms with Gasteiger partial charge in [-0.2, -0.15) is 0 Å². The molecule has 1 N–H and O–H groups in total. The van der Waals surface area contributed by atoms with Crippen LogP contribution in [0.5, 0.6) is 0 Å². The Morgan fingerprint density at radius 2 is 2.19 bits per heavy atom. The van der Waals surface area contributed by atoms with Crippen molar-refractivity contribution in [3.05, 3.63) is 0 Å². The average Bonchev–Trinajstić information content (AvgIpc) is 2.56. The van der Waals surface area contributed by atoms with Gasteiger partial charge in [-0.05, 0) is 19.3 Å². The van der Waals surface area contributed by atoms with E-state index in [1.807, 2.05) is 0 Å². The minimum atomic E-state index is -0.832. The molecule has 0 amide bonds. The molecule has 5 heteroatoms. The molecule has 2 saturated heterocycles. The summed E-state index contributed by atoms with van der Waals surface area (Å²) < 4.78 is 10.9. The standard InChI is InChI=1S/C11H19NO4/c13-11(14)10-3-2-9(16-10)8-12-4-1-6-15-7-5-12/h9-10H,1-8H2,(H,13,14). The molecule has 0 saturated carbocycles. The summed E-state index contributed by atoms with van der Waals surface area (Å²) in [5, 5.41) is 8.82. The van der Waals surface area contributed by atoms with Gasteiger partial charge in [0.25, 0.3) is 0 Å². The summed E-state index contributed by atoms with van der Waals surface area (Å²) in [6.07, 6.45) is 2.04. The third kappa shape index (κ3) is 3.17. The van der Waals surface area contributed by atoms with Gasteiger partial charge in [-0.3, -0.25) is 4.90 Å². The number of ether oxygens (including phenoxy) is 2. The topological polar surface area (TPSA) is 59.0 Å². The molecule has 0 aromatic rings. The fraction of sp³-hybridized carbons (Fsp3) is 0.909. The molecule has 2 rings (SSSR count). The molecular weight excluding hydrogens is 210 g/mol. The molecular formula is C11H19NO4. The van der Waals surface area contributed by atoms with Gasteiger partial charge in [0.05, 0.1) is 12.7 Å². The van der Waals surface area contributed by atoms with E-state index in [0.29, 0.717) is 6.42 Å². The Labute approximate surface area is 95.3 Å². The number of rotatable bonds is 3. The summed E-state index contributed by atoms with van der Waals surface area (Å²) in [4.78, 5) is 13.0. The van der Waals surface area contributed by atoms with E-state index in [1.165, 1.54) is 0 Å². The molecule has 2 atom stereocenters. The predicted molar refractivity (Wildman–Crippen MR) is 57.4 cm³/mol. The zero-order valence-corrected chi connectivity index (χ0v) is 9.43. The molecule has 2 unspecified atom stereocenters. The number of carboxylic acids is 1. The van der Waals surface area contributed by atoms with Crippen LogP contribution >= 0.6 is 0 Å². The van der Waals surface area contributed by atoms with Crippen LogP contribution in [-0.4, -0.2) is 61.0 Å². The number of carbonyl (C=O) groups is 1. The highest BCUT2D eigenvalue weighted by Crippen LogP contribution is 2.21.